The highest BCUT2D eigenvalue weighted by atomic mass is 16.7. The van der Waals surface area contributed by atoms with Crippen LogP contribution < -0.4 is 19.5 Å². The third kappa shape index (κ3) is 4.30. The molecule has 1 atom stereocenters. The molecule has 28 heavy (non-hydrogen) atoms. The SMILES string of the molecule is COc1cc(C)c([C@H](C)NC(=O)/C=C/c2ccc3c(c2)OCO3)cc1C(C)C. The topological polar surface area (TPSA) is 56.8 Å². The van der Waals surface area contributed by atoms with Gasteiger partial charge in [0, 0.05) is 6.08 Å². The smallest absolute Gasteiger partial charge is 0.244 e. The van der Waals surface area contributed by atoms with E-state index in [1.165, 1.54) is 6.08 Å². The zero-order valence-electron chi connectivity index (χ0n) is 17.0. The van der Waals surface area contributed by atoms with Gasteiger partial charge in [-0.05, 0) is 72.4 Å². The van der Waals surface area contributed by atoms with E-state index < -0.39 is 0 Å². The Bertz CT molecular complexity index is 902. The maximum absolute atomic E-state index is 12.4. The standard InChI is InChI=1S/C23H27NO4/c1-14(2)18-12-19(15(3)10-21(18)26-5)16(4)24-23(25)9-7-17-6-8-20-22(11-17)28-13-27-20/h6-12,14,16H,13H2,1-5H3,(H,24,25)/b9-7+/t16-/m0/s1. The largest absolute Gasteiger partial charge is 0.496 e. The molecule has 0 aromatic heterocycles. The van der Waals surface area contributed by atoms with Crippen LogP contribution in [0.2, 0.25) is 0 Å². The van der Waals surface area contributed by atoms with Gasteiger partial charge in [0.2, 0.25) is 12.7 Å². The lowest BCUT2D eigenvalue weighted by molar-refractivity contribution is -0.117. The molecule has 2 aromatic rings. The van der Waals surface area contributed by atoms with Crippen LogP contribution in [0, 0.1) is 6.92 Å². The van der Waals surface area contributed by atoms with Gasteiger partial charge in [-0.3, -0.25) is 4.79 Å². The molecule has 1 N–H and O–H groups in total. The first-order valence-electron chi connectivity index (χ1n) is 9.45. The summed E-state index contributed by atoms with van der Waals surface area (Å²) in [6.45, 7) is 8.53. The van der Waals surface area contributed by atoms with Crippen molar-refractivity contribution in [3.05, 3.63) is 58.7 Å². The van der Waals surface area contributed by atoms with Crippen LogP contribution in [0.15, 0.2) is 36.4 Å². The van der Waals surface area contributed by atoms with Gasteiger partial charge in [0.15, 0.2) is 11.5 Å². The van der Waals surface area contributed by atoms with E-state index in [4.69, 9.17) is 14.2 Å². The van der Waals surface area contributed by atoms with Gasteiger partial charge in [-0.15, -0.1) is 0 Å². The molecule has 5 nitrogen and oxygen atoms in total. The summed E-state index contributed by atoms with van der Waals surface area (Å²) in [7, 11) is 1.69. The highest BCUT2D eigenvalue weighted by Gasteiger charge is 2.16. The van der Waals surface area contributed by atoms with Crippen molar-refractivity contribution >= 4 is 12.0 Å². The summed E-state index contributed by atoms with van der Waals surface area (Å²) in [5, 5.41) is 3.04. The number of nitrogens with one attached hydrogen (secondary N) is 1. The number of rotatable bonds is 6. The predicted octanol–water partition coefficient (Wildman–Crippen LogP) is 4.75. The van der Waals surface area contributed by atoms with Gasteiger partial charge < -0.3 is 19.5 Å². The molecule has 0 saturated heterocycles. The van der Waals surface area contributed by atoms with Gasteiger partial charge in [-0.1, -0.05) is 19.9 Å². The molecule has 0 unspecified atom stereocenters. The lowest BCUT2D eigenvalue weighted by Crippen LogP contribution is -2.25. The molecule has 1 aliphatic rings. The van der Waals surface area contributed by atoms with Gasteiger partial charge in [0.05, 0.1) is 13.2 Å². The summed E-state index contributed by atoms with van der Waals surface area (Å²) in [6.07, 6.45) is 3.31. The fourth-order valence-electron chi connectivity index (χ4n) is 3.34. The molecule has 0 aliphatic carbocycles. The maximum Gasteiger partial charge on any atom is 0.244 e. The summed E-state index contributed by atoms with van der Waals surface area (Å²) < 4.78 is 16.2. The maximum atomic E-state index is 12.4. The van der Waals surface area contributed by atoms with Crippen LogP contribution in [0.25, 0.3) is 6.08 Å². The van der Waals surface area contributed by atoms with Crippen molar-refractivity contribution in [1.29, 1.82) is 0 Å². The van der Waals surface area contributed by atoms with Gasteiger partial charge in [0.1, 0.15) is 5.75 Å². The summed E-state index contributed by atoms with van der Waals surface area (Å²) in [4.78, 5) is 12.4. The van der Waals surface area contributed by atoms with Crippen LogP contribution in [0.5, 0.6) is 17.2 Å². The predicted molar refractivity (Wildman–Crippen MR) is 110 cm³/mol. The highest BCUT2D eigenvalue weighted by molar-refractivity contribution is 5.92. The Labute approximate surface area is 166 Å². The lowest BCUT2D eigenvalue weighted by Gasteiger charge is -2.20. The molecule has 1 aliphatic heterocycles. The molecule has 3 rings (SSSR count). The Balaban J connectivity index is 1.71. The van der Waals surface area contributed by atoms with E-state index in [1.54, 1.807) is 13.2 Å². The van der Waals surface area contributed by atoms with E-state index >= 15 is 0 Å². The number of carbonyl (C=O) groups is 1. The monoisotopic (exact) mass is 381 g/mol. The molecule has 1 amide bonds. The minimum Gasteiger partial charge on any atom is -0.496 e. The molecule has 1 heterocycles. The Morgan fingerprint density at radius 3 is 2.57 bits per heavy atom. The van der Waals surface area contributed by atoms with Crippen molar-refractivity contribution < 1.29 is 19.0 Å². The summed E-state index contributed by atoms with van der Waals surface area (Å²) >= 11 is 0. The number of hydrogen-bond acceptors (Lipinski definition) is 4. The first-order valence-corrected chi connectivity index (χ1v) is 9.45. The average Bonchev–Trinajstić information content (AvgIpc) is 3.13. The minimum absolute atomic E-state index is 0.114. The highest BCUT2D eigenvalue weighted by Crippen LogP contribution is 2.33. The number of aryl methyl sites for hydroxylation is 1. The fraction of sp³-hybridized carbons (Fsp3) is 0.348. The summed E-state index contributed by atoms with van der Waals surface area (Å²) in [6, 6.07) is 9.65. The second-order valence-electron chi connectivity index (χ2n) is 7.28. The average molecular weight is 381 g/mol. The van der Waals surface area contributed by atoms with Gasteiger partial charge >= 0.3 is 0 Å². The number of hydrogen-bond donors (Lipinski definition) is 1. The van der Waals surface area contributed by atoms with Crippen LogP contribution in [0.3, 0.4) is 0 Å². The van der Waals surface area contributed by atoms with Gasteiger partial charge in [-0.2, -0.15) is 0 Å². The zero-order chi connectivity index (χ0) is 20.3. The van der Waals surface area contributed by atoms with Gasteiger partial charge in [-0.25, -0.2) is 0 Å². The summed E-state index contributed by atoms with van der Waals surface area (Å²) in [5.74, 6) is 2.50. The third-order valence-corrected chi connectivity index (χ3v) is 4.89. The zero-order valence-corrected chi connectivity index (χ0v) is 17.0. The Hall–Kier alpha value is -2.95. The molecule has 5 heteroatoms. The van der Waals surface area contributed by atoms with E-state index in [9.17, 15) is 4.79 Å². The Morgan fingerprint density at radius 2 is 1.86 bits per heavy atom. The van der Waals surface area contributed by atoms with Crippen molar-refractivity contribution in [2.75, 3.05) is 13.9 Å². The molecule has 0 radical (unpaired) electrons. The molecule has 0 bridgehead atoms. The number of amides is 1. The van der Waals surface area contributed by atoms with Crippen LogP contribution in [0.4, 0.5) is 0 Å². The van der Waals surface area contributed by atoms with E-state index in [1.807, 2.05) is 38.1 Å². The minimum atomic E-state index is -0.147. The number of fused-ring (bicyclic) bond motifs is 1. The Morgan fingerprint density at radius 1 is 1.11 bits per heavy atom. The van der Waals surface area contributed by atoms with Crippen molar-refractivity contribution in [2.45, 2.75) is 39.7 Å². The number of carbonyl (C=O) groups excluding carboxylic acids is 1. The first-order chi connectivity index (χ1) is 13.4. The van der Waals surface area contributed by atoms with Crippen molar-refractivity contribution in [3.8, 4) is 17.2 Å². The molecule has 2 aromatic carbocycles. The quantitative estimate of drug-likeness (QED) is 0.734. The second-order valence-corrected chi connectivity index (χ2v) is 7.28. The fourth-order valence-corrected chi connectivity index (χ4v) is 3.34. The van der Waals surface area contributed by atoms with Crippen LogP contribution in [-0.4, -0.2) is 19.8 Å². The normalized spacial score (nSPS) is 13.8. The molecule has 148 valence electrons. The van der Waals surface area contributed by atoms with E-state index in [0.29, 0.717) is 11.7 Å². The van der Waals surface area contributed by atoms with E-state index in [2.05, 4.69) is 25.2 Å². The van der Waals surface area contributed by atoms with Crippen molar-refractivity contribution in [2.24, 2.45) is 0 Å². The first kappa shape index (κ1) is 19.8. The van der Waals surface area contributed by atoms with E-state index in [0.717, 1.165) is 33.8 Å². The lowest BCUT2D eigenvalue weighted by atomic mass is 9.93. The van der Waals surface area contributed by atoms with Crippen LogP contribution in [-0.2, 0) is 4.79 Å². The van der Waals surface area contributed by atoms with E-state index in [-0.39, 0.29) is 18.7 Å². The number of benzene rings is 2. The molecule has 0 saturated carbocycles. The molecular weight excluding hydrogens is 354 g/mol. The molecular formula is C23H27NO4. The molecule has 0 spiro atoms. The molecule has 0 fully saturated rings. The van der Waals surface area contributed by atoms with Crippen LogP contribution >= 0.6 is 0 Å². The number of methoxy groups -OCH3 is 1. The van der Waals surface area contributed by atoms with Crippen LogP contribution in [0.1, 0.15) is 55.0 Å². The van der Waals surface area contributed by atoms with Crippen molar-refractivity contribution in [3.63, 3.8) is 0 Å². The third-order valence-electron chi connectivity index (χ3n) is 4.89. The second kappa shape index (κ2) is 8.38. The Kier molecular flexibility index (Phi) is 5.93. The number of ether oxygens (including phenoxy) is 3. The van der Waals surface area contributed by atoms with Gasteiger partial charge in [0.25, 0.3) is 0 Å². The van der Waals surface area contributed by atoms with Crippen molar-refractivity contribution in [1.82, 2.24) is 5.32 Å². The summed E-state index contributed by atoms with van der Waals surface area (Å²) in [5.41, 5.74) is 4.21.